The third-order valence-electron chi connectivity index (χ3n) is 6.22. The molecule has 9 nitrogen and oxygen atoms in total. The summed E-state index contributed by atoms with van der Waals surface area (Å²) in [6, 6.07) is 16.8. The van der Waals surface area contributed by atoms with Gasteiger partial charge in [0.05, 0.1) is 17.6 Å². The fourth-order valence-electron chi connectivity index (χ4n) is 4.51. The van der Waals surface area contributed by atoms with Crippen LogP contribution in [0, 0.1) is 0 Å². The number of hydrogen-bond donors (Lipinski definition) is 5. The number of nitrogens with zero attached hydrogens (tertiary/aromatic N) is 4. The third kappa shape index (κ3) is 13.0. The Kier molecular flexibility index (Phi) is 22.5. The highest BCUT2D eigenvalue weighted by molar-refractivity contribution is 5.86. The molecule has 1 saturated heterocycles. The lowest BCUT2D eigenvalue weighted by molar-refractivity contribution is 0.260. The molecule has 0 aliphatic carbocycles. The number of aromatic nitrogens is 2. The number of aliphatic imine (C=N–C) groups is 1. The zero-order chi connectivity index (χ0) is 24.3. The Morgan fingerprint density at radius 3 is 2.05 bits per heavy atom. The van der Waals surface area contributed by atoms with E-state index in [0.717, 1.165) is 82.8 Å². The first-order valence-electron chi connectivity index (χ1n) is 12.7. The number of para-hydroxylation sites is 2. The Morgan fingerprint density at radius 2 is 1.35 bits per heavy atom. The minimum Gasteiger partial charge on any atom is -0.370 e. The summed E-state index contributed by atoms with van der Waals surface area (Å²) in [6.07, 6.45) is 2.30. The summed E-state index contributed by atoms with van der Waals surface area (Å²) < 4.78 is 2.07. The van der Waals surface area contributed by atoms with Crippen LogP contribution in [0.25, 0.3) is 11.0 Å². The number of nitrogens with one attached hydrogen (secondary N) is 3. The predicted octanol–water partition coefficient (Wildman–Crippen LogP) is 3.46. The number of guanidine groups is 1. The van der Waals surface area contributed by atoms with E-state index in [2.05, 4.69) is 65.7 Å². The highest BCUT2D eigenvalue weighted by atomic mass is 35.5. The molecule has 0 radical (unpaired) electrons. The Hall–Kier alpha value is -1.53. The van der Waals surface area contributed by atoms with Crippen molar-refractivity contribution >= 4 is 85.0 Å². The van der Waals surface area contributed by atoms with Gasteiger partial charge in [0.15, 0.2) is 5.96 Å². The molecule has 0 saturated carbocycles. The molecule has 2 heterocycles. The average molecular weight is 660 g/mol. The molecular weight excluding hydrogens is 616 g/mol. The lowest BCUT2D eigenvalue weighted by atomic mass is 10.1. The van der Waals surface area contributed by atoms with Gasteiger partial charge in [-0.3, -0.25) is 4.90 Å². The van der Waals surface area contributed by atoms with Crippen molar-refractivity contribution in [1.82, 2.24) is 30.4 Å². The quantitative estimate of drug-likeness (QED) is 0.210. The largest absolute Gasteiger partial charge is 0.370 e. The molecule has 0 amide bonds. The topological polar surface area (TPSA) is 122 Å². The van der Waals surface area contributed by atoms with Crippen LogP contribution in [0.3, 0.4) is 0 Å². The summed E-state index contributed by atoms with van der Waals surface area (Å²) in [5.41, 5.74) is 15.8. The van der Waals surface area contributed by atoms with Crippen LogP contribution in [-0.4, -0.2) is 72.8 Å². The lowest BCUT2D eigenvalue weighted by Gasteiger charge is -2.23. The van der Waals surface area contributed by atoms with Crippen LogP contribution in [0.2, 0.25) is 0 Å². The van der Waals surface area contributed by atoms with E-state index in [4.69, 9.17) is 11.5 Å². The van der Waals surface area contributed by atoms with Crippen LogP contribution in [0.5, 0.6) is 0 Å². The van der Waals surface area contributed by atoms with Gasteiger partial charge in [0.1, 0.15) is 0 Å². The van der Waals surface area contributed by atoms with Crippen LogP contribution in [0.1, 0.15) is 24.0 Å². The standard InChI is InChI=1S/C26H39N9.5ClH/c27-25(28)33-26-32-23-8-1-2-9-24(23)35(26)20-22-7-3-6-21(18-22)19-34-16-5-12-30-14-13-29-10-4-11-31-15-17-34;;;;;/h1-3,6-9,18,29-31H,4-5,10-17,19-20H2,(H4,27,28,32,33);5*1H. The molecule has 4 rings (SSSR count). The van der Waals surface area contributed by atoms with Crippen molar-refractivity contribution < 1.29 is 0 Å². The first kappa shape index (κ1) is 40.6. The van der Waals surface area contributed by atoms with Crippen molar-refractivity contribution in [3.63, 3.8) is 0 Å². The molecule has 2 aromatic carbocycles. The fraction of sp³-hybridized carbons (Fsp3) is 0.462. The van der Waals surface area contributed by atoms with Crippen LogP contribution in [0.15, 0.2) is 53.5 Å². The van der Waals surface area contributed by atoms with Crippen molar-refractivity contribution in [2.24, 2.45) is 16.5 Å². The van der Waals surface area contributed by atoms with Crippen LogP contribution < -0.4 is 27.4 Å². The molecule has 228 valence electrons. The first-order chi connectivity index (χ1) is 17.2. The molecular formula is C26H44Cl5N9. The molecule has 1 aliphatic heterocycles. The highest BCUT2D eigenvalue weighted by Gasteiger charge is 2.12. The third-order valence-corrected chi connectivity index (χ3v) is 6.22. The molecule has 3 aromatic rings. The van der Waals surface area contributed by atoms with Crippen LogP contribution in [-0.2, 0) is 13.1 Å². The molecule has 1 aromatic heterocycles. The van der Waals surface area contributed by atoms with E-state index in [1.54, 1.807) is 0 Å². The van der Waals surface area contributed by atoms with Crippen LogP contribution >= 0.6 is 62.0 Å². The van der Waals surface area contributed by atoms with E-state index in [9.17, 15) is 0 Å². The minimum atomic E-state index is 0. The van der Waals surface area contributed by atoms with E-state index in [1.807, 2.05) is 18.2 Å². The number of halogens is 5. The van der Waals surface area contributed by atoms with Gasteiger partial charge in [-0.15, -0.1) is 62.0 Å². The number of benzene rings is 2. The normalized spacial score (nSPS) is 15.0. The summed E-state index contributed by atoms with van der Waals surface area (Å²) in [5, 5.41) is 10.6. The van der Waals surface area contributed by atoms with Gasteiger partial charge in [-0.2, -0.15) is 4.99 Å². The molecule has 1 aliphatic rings. The highest BCUT2D eigenvalue weighted by Crippen LogP contribution is 2.23. The Bertz CT molecular complexity index is 1100. The van der Waals surface area contributed by atoms with Crippen molar-refractivity contribution in [2.75, 3.05) is 52.4 Å². The Morgan fingerprint density at radius 1 is 0.725 bits per heavy atom. The van der Waals surface area contributed by atoms with Crippen molar-refractivity contribution in [2.45, 2.75) is 25.9 Å². The van der Waals surface area contributed by atoms with E-state index in [1.165, 1.54) is 11.1 Å². The number of imidazole rings is 1. The molecule has 7 N–H and O–H groups in total. The van der Waals surface area contributed by atoms with Crippen LogP contribution in [0.4, 0.5) is 5.95 Å². The van der Waals surface area contributed by atoms with Gasteiger partial charge in [-0.05, 0) is 62.3 Å². The maximum atomic E-state index is 5.67. The molecule has 40 heavy (non-hydrogen) atoms. The summed E-state index contributed by atoms with van der Waals surface area (Å²) in [5.74, 6) is 0.538. The minimum absolute atomic E-state index is 0. The SMILES string of the molecule is Cl.Cl.Cl.Cl.Cl.NC(N)=Nc1nc2ccccc2n1Cc1cccc(CN2CCCNCCNCCCNCC2)c1. The molecule has 0 bridgehead atoms. The second-order valence-electron chi connectivity index (χ2n) is 9.08. The Labute approximate surface area is 268 Å². The summed E-state index contributed by atoms with van der Waals surface area (Å²) in [6.45, 7) is 9.95. The van der Waals surface area contributed by atoms with E-state index < -0.39 is 0 Å². The van der Waals surface area contributed by atoms with Crippen molar-refractivity contribution in [3.05, 3.63) is 59.7 Å². The summed E-state index contributed by atoms with van der Waals surface area (Å²) in [4.78, 5) is 11.4. The van der Waals surface area contributed by atoms with Gasteiger partial charge in [0, 0.05) is 32.7 Å². The molecule has 1 fully saturated rings. The van der Waals surface area contributed by atoms with Crippen molar-refractivity contribution in [3.8, 4) is 0 Å². The van der Waals surface area contributed by atoms with Gasteiger partial charge < -0.3 is 32.0 Å². The maximum Gasteiger partial charge on any atom is 0.234 e. The number of rotatable bonds is 5. The zero-order valence-electron chi connectivity index (χ0n) is 22.6. The van der Waals surface area contributed by atoms with E-state index >= 15 is 0 Å². The zero-order valence-corrected chi connectivity index (χ0v) is 26.7. The van der Waals surface area contributed by atoms with Gasteiger partial charge in [0.2, 0.25) is 5.95 Å². The fourth-order valence-corrected chi connectivity index (χ4v) is 4.51. The summed E-state index contributed by atoms with van der Waals surface area (Å²) in [7, 11) is 0. The van der Waals surface area contributed by atoms with Gasteiger partial charge in [0.25, 0.3) is 0 Å². The number of fused-ring (bicyclic) bond motifs is 1. The number of nitrogens with two attached hydrogens (primary N) is 2. The first-order valence-corrected chi connectivity index (χ1v) is 12.7. The van der Waals surface area contributed by atoms with Gasteiger partial charge in [-0.1, -0.05) is 36.4 Å². The van der Waals surface area contributed by atoms with Gasteiger partial charge in [-0.25, -0.2) is 4.98 Å². The van der Waals surface area contributed by atoms with E-state index in [0.29, 0.717) is 12.5 Å². The molecule has 14 heteroatoms. The van der Waals surface area contributed by atoms with Crippen molar-refractivity contribution in [1.29, 1.82) is 0 Å². The number of hydrogen-bond acceptors (Lipinski definition) is 6. The smallest absolute Gasteiger partial charge is 0.234 e. The maximum absolute atomic E-state index is 5.67. The monoisotopic (exact) mass is 657 g/mol. The average Bonchev–Trinajstić information content (AvgIpc) is 3.18. The van der Waals surface area contributed by atoms with Gasteiger partial charge >= 0.3 is 0 Å². The predicted molar refractivity (Wildman–Crippen MR) is 180 cm³/mol. The Balaban J connectivity index is 0. The lowest BCUT2D eigenvalue weighted by Crippen LogP contribution is -2.36. The summed E-state index contributed by atoms with van der Waals surface area (Å²) >= 11 is 0. The molecule has 0 atom stereocenters. The molecule has 0 spiro atoms. The second kappa shape index (κ2) is 22.1. The molecule has 0 unspecified atom stereocenters. The van der Waals surface area contributed by atoms with E-state index in [-0.39, 0.29) is 68.0 Å². The second-order valence-corrected chi connectivity index (χ2v) is 9.08.